The molecule has 1 atom stereocenters. The topological polar surface area (TPSA) is 117 Å². The van der Waals surface area contributed by atoms with E-state index in [4.69, 9.17) is 4.42 Å². The van der Waals surface area contributed by atoms with Crippen LogP contribution in [0, 0.1) is 5.82 Å². The Balaban J connectivity index is 1.27. The molecule has 0 bridgehead atoms. The van der Waals surface area contributed by atoms with Crippen molar-refractivity contribution in [2.24, 2.45) is 0 Å². The summed E-state index contributed by atoms with van der Waals surface area (Å²) in [5.41, 5.74) is 1.05. The Morgan fingerprint density at radius 2 is 1.94 bits per heavy atom. The lowest BCUT2D eigenvalue weighted by Crippen LogP contribution is -2.52. The predicted molar refractivity (Wildman–Crippen MR) is 110 cm³/mol. The lowest BCUT2D eigenvalue weighted by Gasteiger charge is -2.29. The molecule has 9 nitrogen and oxygen atoms in total. The number of piperidine rings is 1. The highest BCUT2D eigenvalue weighted by molar-refractivity contribution is 6.05. The number of carbonyl (C=O) groups excluding carboxylic acids is 3. The highest BCUT2D eigenvalue weighted by Gasteiger charge is 2.40. The molecule has 3 amide bonds. The van der Waals surface area contributed by atoms with E-state index in [9.17, 15) is 18.8 Å². The van der Waals surface area contributed by atoms with Crippen molar-refractivity contribution in [2.75, 3.05) is 5.32 Å². The van der Waals surface area contributed by atoms with Crippen molar-refractivity contribution in [2.45, 2.75) is 70.0 Å². The lowest BCUT2D eigenvalue weighted by atomic mass is 9.89. The zero-order valence-electron chi connectivity index (χ0n) is 17.5. The van der Waals surface area contributed by atoms with E-state index >= 15 is 0 Å². The van der Waals surface area contributed by atoms with Crippen LogP contribution in [0.4, 0.5) is 10.4 Å². The zero-order chi connectivity index (χ0) is 22.2. The minimum atomic E-state index is -0.773. The molecule has 10 heteroatoms. The van der Waals surface area contributed by atoms with Crippen LogP contribution in [-0.2, 0) is 22.7 Å². The first-order valence-electron chi connectivity index (χ1n) is 11.0. The Bertz CT molecular complexity index is 1080. The maximum absolute atomic E-state index is 14.8. The van der Waals surface area contributed by atoms with Crippen molar-refractivity contribution in [3.8, 4) is 0 Å². The van der Waals surface area contributed by atoms with E-state index < -0.39 is 23.7 Å². The summed E-state index contributed by atoms with van der Waals surface area (Å²) >= 11 is 0. The van der Waals surface area contributed by atoms with Crippen LogP contribution in [0.1, 0.15) is 78.2 Å². The molecule has 32 heavy (non-hydrogen) atoms. The lowest BCUT2D eigenvalue weighted by molar-refractivity contribution is -0.136. The van der Waals surface area contributed by atoms with Crippen LogP contribution in [0.15, 0.2) is 16.5 Å². The van der Waals surface area contributed by atoms with E-state index in [-0.39, 0.29) is 49.0 Å². The number of halogens is 1. The number of nitrogens with zero attached hydrogens (tertiary/aromatic N) is 3. The van der Waals surface area contributed by atoms with Crippen molar-refractivity contribution in [1.82, 2.24) is 20.4 Å². The average molecular weight is 441 g/mol. The molecule has 0 radical (unpaired) electrons. The molecule has 5 rings (SSSR count). The number of amides is 3. The minimum absolute atomic E-state index is 0.00833. The van der Waals surface area contributed by atoms with Crippen molar-refractivity contribution in [3.05, 3.63) is 40.5 Å². The fourth-order valence-corrected chi connectivity index (χ4v) is 4.77. The SMILES string of the molecule is O=C1CCC(N2Cc3c(F)cc(CNc4nnc(C5CCCCC5)o4)cc3C2=O)C(=O)N1. The average Bonchev–Trinajstić information content (AvgIpc) is 3.39. The van der Waals surface area contributed by atoms with Crippen molar-refractivity contribution < 1.29 is 23.2 Å². The van der Waals surface area contributed by atoms with Gasteiger partial charge in [0, 0.05) is 30.0 Å². The quantitative estimate of drug-likeness (QED) is 0.685. The van der Waals surface area contributed by atoms with Gasteiger partial charge in [0.2, 0.25) is 17.7 Å². The van der Waals surface area contributed by atoms with Gasteiger partial charge in [-0.25, -0.2) is 4.39 Å². The van der Waals surface area contributed by atoms with Gasteiger partial charge >= 0.3 is 6.01 Å². The Hall–Kier alpha value is -3.30. The van der Waals surface area contributed by atoms with E-state index in [2.05, 4.69) is 20.8 Å². The number of fused-ring (bicyclic) bond motifs is 1. The van der Waals surface area contributed by atoms with E-state index in [1.807, 2.05) is 0 Å². The third-order valence-electron chi connectivity index (χ3n) is 6.50. The highest BCUT2D eigenvalue weighted by Crippen LogP contribution is 2.33. The summed E-state index contributed by atoms with van der Waals surface area (Å²) in [7, 11) is 0. The van der Waals surface area contributed by atoms with Gasteiger partial charge in [-0.2, -0.15) is 0 Å². The van der Waals surface area contributed by atoms with Gasteiger partial charge in [0.25, 0.3) is 5.91 Å². The van der Waals surface area contributed by atoms with Gasteiger partial charge in [-0.05, 0) is 37.0 Å². The maximum Gasteiger partial charge on any atom is 0.315 e. The molecule has 1 aliphatic carbocycles. The van der Waals surface area contributed by atoms with E-state index in [1.165, 1.54) is 17.4 Å². The highest BCUT2D eigenvalue weighted by atomic mass is 19.1. The van der Waals surface area contributed by atoms with Crippen LogP contribution >= 0.6 is 0 Å². The first-order chi connectivity index (χ1) is 15.5. The molecule has 2 aromatic rings. The van der Waals surface area contributed by atoms with Crippen LogP contribution in [0.3, 0.4) is 0 Å². The molecule has 3 aliphatic rings. The summed E-state index contributed by atoms with van der Waals surface area (Å²) in [6.45, 7) is 0.219. The Morgan fingerprint density at radius 1 is 1.12 bits per heavy atom. The largest absolute Gasteiger partial charge is 0.408 e. The predicted octanol–water partition coefficient (Wildman–Crippen LogP) is 2.63. The molecule has 3 heterocycles. The van der Waals surface area contributed by atoms with E-state index in [0.717, 1.165) is 25.7 Å². The fourth-order valence-electron chi connectivity index (χ4n) is 4.77. The van der Waals surface area contributed by atoms with Gasteiger partial charge in [-0.1, -0.05) is 24.4 Å². The van der Waals surface area contributed by atoms with Crippen LogP contribution in [0.5, 0.6) is 0 Å². The van der Waals surface area contributed by atoms with Crippen LogP contribution < -0.4 is 10.6 Å². The summed E-state index contributed by atoms with van der Waals surface area (Å²) in [6.07, 6.45) is 6.04. The second kappa shape index (κ2) is 8.33. The summed E-state index contributed by atoms with van der Waals surface area (Å²) < 4.78 is 20.5. The fraction of sp³-hybridized carbons (Fsp3) is 0.500. The second-order valence-corrected chi connectivity index (χ2v) is 8.64. The molecular weight excluding hydrogens is 417 g/mol. The Kier molecular flexibility index (Phi) is 5.36. The molecule has 168 valence electrons. The van der Waals surface area contributed by atoms with Crippen molar-refractivity contribution >= 4 is 23.7 Å². The number of hydrogen-bond donors (Lipinski definition) is 2. The van der Waals surface area contributed by atoms with Crippen LogP contribution in [0.25, 0.3) is 0 Å². The number of imide groups is 1. The first kappa shape index (κ1) is 20.6. The molecule has 1 saturated carbocycles. The number of aromatic nitrogens is 2. The standard InChI is InChI=1S/C22H24FN5O4/c23-16-9-12(10-24-22-27-26-20(32-22)13-4-2-1-3-5-13)8-14-15(16)11-28(21(14)31)17-6-7-18(29)25-19(17)30/h8-9,13,17H,1-7,10-11H2,(H,24,27)(H,25,29,30). The van der Waals surface area contributed by atoms with Gasteiger partial charge in [-0.3, -0.25) is 19.7 Å². The third kappa shape index (κ3) is 3.85. The molecule has 1 aromatic carbocycles. The number of carbonyl (C=O) groups is 3. The molecule has 2 aliphatic heterocycles. The molecule has 1 unspecified atom stereocenters. The Morgan fingerprint density at radius 3 is 2.72 bits per heavy atom. The molecule has 2 N–H and O–H groups in total. The summed E-state index contributed by atoms with van der Waals surface area (Å²) in [6, 6.07) is 2.48. The third-order valence-corrected chi connectivity index (χ3v) is 6.50. The number of nitrogens with one attached hydrogen (secondary N) is 2. The molecule has 1 saturated heterocycles. The van der Waals surface area contributed by atoms with Gasteiger partial charge in [0.15, 0.2) is 0 Å². The second-order valence-electron chi connectivity index (χ2n) is 8.64. The first-order valence-corrected chi connectivity index (χ1v) is 11.0. The number of benzene rings is 1. The number of hydrogen-bond acceptors (Lipinski definition) is 7. The van der Waals surface area contributed by atoms with Gasteiger partial charge in [-0.15, -0.1) is 5.10 Å². The summed E-state index contributed by atoms with van der Waals surface area (Å²) in [4.78, 5) is 37.8. The van der Waals surface area contributed by atoms with Crippen molar-refractivity contribution in [3.63, 3.8) is 0 Å². The smallest absolute Gasteiger partial charge is 0.315 e. The van der Waals surface area contributed by atoms with E-state index in [1.54, 1.807) is 6.07 Å². The molecular formula is C22H24FN5O4. The molecule has 0 spiro atoms. The number of rotatable bonds is 5. The van der Waals surface area contributed by atoms with Crippen LogP contribution in [0.2, 0.25) is 0 Å². The van der Waals surface area contributed by atoms with Gasteiger partial charge in [0.05, 0.1) is 6.54 Å². The molecule has 2 fully saturated rings. The molecule has 1 aromatic heterocycles. The van der Waals surface area contributed by atoms with Gasteiger partial charge < -0.3 is 14.6 Å². The Labute approximate surface area is 183 Å². The summed E-state index contributed by atoms with van der Waals surface area (Å²) in [5.74, 6) is -0.872. The minimum Gasteiger partial charge on any atom is -0.408 e. The van der Waals surface area contributed by atoms with Crippen molar-refractivity contribution in [1.29, 1.82) is 0 Å². The van der Waals surface area contributed by atoms with Gasteiger partial charge in [0.1, 0.15) is 11.9 Å². The zero-order valence-corrected chi connectivity index (χ0v) is 17.5. The summed E-state index contributed by atoms with van der Waals surface area (Å²) in [5, 5.41) is 13.4. The van der Waals surface area contributed by atoms with Crippen LogP contribution in [-0.4, -0.2) is 38.9 Å². The monoisotopic (exact) mass is 441 g/mol. The van der Waals surface area contributed by atoms with E-state index in [0.29, 0.717) is 17.4 Å². The normalized spacial score (nSPS) is 21.6. The maximum atomic E-state index is 14.8. The number of anilines is 1.